The lowest BCUT2D eigenvalue weighted by Crippen LogP contribution is -2.39. The van der Waals surface area contributed by atoms with Crippen LogP contribution in [0, 0.1) is 5.82 Å². The van der Waals surface area contributed by atoms with E-state index in [0.717, 1.165) is 18.6 Å². The van der Waals surface area contributed by atoms with Crippen LogP contribution < -0.4 is 9.47 Å². The quantitative estimate of drug-likeness (QED) is 0.571. The zero-order valence-corrected chi connectivity index (χ0v) is 17.9. The molecule has 1 aromatic heterocycles. The highest BCUT2D eigenvalue weighted by Crippen LogP contribution is 2.33. The molecule has 0 saturated carbocycles. The molecule has 10 heteroatoms. The number of sulfonamides is 1. The highest BCUT2D eigenvalue weighted by atomic mass is 32.2. The maximum atomic E-state index is 13.2. The van der Waals surface area contributed by atoms with Crippen molar-refractivity contribution in [2.75, 3.05) is 27.3 Å². The van der Waals surface area contributed by atoms with Crippen LogP contribution in [0.4, 0.5) is 4.39 Å². The maximum Gasteiger partial charge on any atom is 0.243 e. The summed E-state index contributed by atoms with van der Waals surface area (Å²) >= 11 is 0. The van der Waals surface area contributed by atoms with Gasteiger partial charge in [0.2, 0.25) is 21.7 Å². The minimum Gasteiger partial charge on any atom is -0.493 e. The number of aromatic nitrogens is 2. The lowest BCUT2D eigenvalue weighted by molar-refractivity contribution is 0.265. The van der Waals surface area contributed by atoms with Crippen LogP contribution in [0.2, 0.25) is 0 Å². The molecule has 4 rings (SSSR count). The number of ether oxygens (including phenoxy) is 2. The molecule has 31 heavy (non-hydrogen) atoms. The van der Waals surface area contributed by atoms with Gasteiger partial charge >= 0.3 is 0 Å². The molecule has 0 spiro atoms. The van der Waals surface area contributed by atoms with Gasteiger partial charge in [-0.2, -0.15) is 9.29 Å². The fourth-order valence-electron chi connectivity index (χ4n) is 3.61. The summed E-state index contributed by atoms with van der Waals surface area (Å²) in [5.74, 6) is 1.18. The average molecular weight is 447 g/mol. The van der Waals surface area contributed by atoms with Crippen molar-refractivity contribution in [2.45, 2.75) is 23.7 Å². The zero-order valence-electron chi connectivity index (χ0n) is 17.1. The third-order valence-corrected chi connectivity index (χ3v) is 7.15. The van der Waals surface area contributed by atoms with Gasteiger partial charge in [0.05, 0.1) is 25.0 Å². The van der Waals surface area contributed by atoms with Crippen molar-refractivity contribution >= 4 is 10.0 Å². The van der Waals surface area contributed by atoms with Crippen LogP contribution in [-0.4, -0.2) is 50.2 Å². The molecule has 0 aliphatic carbocycles. The fourth-order valence-corrected chi connectivity index (χ4v) is 5.14. The van der Waals surface area contributed by atoms with E-state index in [0.29, 0.717) is 41.7 Å². The van der Waals surface area contributed by atoms with Crippen LogP contribution in [0.3, 0.4) is 0 Å². The first-order chi connectivity index (χ1) is 14.9. The Morgan fingerprint density at radius 1 is 1.10 bits per heavy atom. The van der Waals surface area contributed by atoms with E-state index >= 15 is 0 Å². The molecular weight excluding hydrogens is 425 g/mol. The van der Waals surface area contributed by atoms with Crippen LogP contribution >= 0.6 is 0 Å². The number of methoxy groups -OCH3 is 2. The normalized spacial score (nSPS) is 17.5. The van der Waals surface area contributed by atoms with Gasteiger partial charge in [0.25, 0.3) is 0 Å². The number of halogens is 1. The summed E-state index contributed by atoms with van der Waals surface area (Å²) in [5, 5.41) is 4.06. The van der Waals surface area contributed by atoms with Crippen molar-refractivity contribution in [2.24, 2.45) is 0 Å². The Morgan fingerprint density at radius 2 is 1.84 bits per heavy atom. The van der Waals surface area contributed by atoms with E-state index in [1.54, 1.807) is 32.4 Å². The molecule has 1 fully saturated rings. The topological polar surface area (TPSA) is 94.8 Å². The standard InChI is InChI=1S/C21H22FN3O5S/c1-28-18-10-5-14(12-19(18)29-2)20-23-21(30-24-20)15-4-3-11-25(13-15)31(26,27)17-8-6-16(22)7-9-17/h5-10,12,15H,3-4,11,13H2,1-2H3. The second-order valence-corrected chi connectivity index (χ2v) is 9.12. The maximum absolute atomic E-state index is 13.2. The molecule has 0 bridgehead atoms. The molecule has 1 saturated heterocycles. The highest BCUT2D eigenvalue weighted by Gasteiger charge is 2.33. The number of benzene rings is 2. The summed E-state index contributed by atoms with van der Waals surface area (Å²) in [6.07, 6.45) is 1.38. The van der Waals surface area contributed by atoms with E-state index in [9.17, 15) is 12.8 Å². The molecule has 0 radical (unpaired) electrons. The van der Waals surface area contributed by atoms with Crippen molar-refractivity contribution in [3.8, 4) is 22.9 Å². The Morgan fingerprint density at radius 3 is 2.55 bits per heavy atom. The zero-order chi connectivity index (χ0) is 22.0. The summed E-state index contributed by atoms with van der Waals surface area (Å²) in [5.41, 5.74) is 0.694. The van der Waals surface area contributed by atoms with E-state index in [1.807, 2.05) is 0 Å². The Bertz CT molecular complexity index is 1160. The summed E-state index contributed by atoms with van der Waals surface area (Å²) in [6.45, 7) is 0.597. The molecular formula is C21H22FN3O5S. The first-order valence-electron chi connectivity index (χ1n) is 9.74. The molecule has 0 amide bonds. The number of hydrogen-bond donors (Lipinski definition) is 0. The van der Waals surface area contributed by atoms with Gasteiger partial charge in [-0.3, -0.25) is 0 Å². The third-order valence-electron chi connectivity index (χ3n) is 5.27. The van der Waals surface area contributed by atoms with Crippen LogP contribution in [0.25, 0.3) is 11.4 Å². The lowest BCUT2D eigenvalue weighted by Gasteiger charge is -2.30. The molecule has 2 aromatic carbocycles. The summed E-state index contributed by atoms with van der Waals surface area (Å²) in [7, 11) is -0.638. The number of hydrogen-bond acceptors (Lipinski definition) is 7. The van der Waals surface area contributed by atoms with Crippen molar-refractivity contribution in [3.63, 3.8) is 0 Å². The van der Waals surface area contributed by atoms with Crippen LogP contribution in [0.5, 0.6) is 11.5 Å². The average Bonchev–Trinajstić information content (AvgIpc) is 3.29. The predicted molar refractivity (Wildman–Crippen MR) is 110 cm³/mol. The van der Waals surface area contributed by atoms with Gasteiger partial charge in [0, 0.05) is 18.7 Å². The van der Waals surface area contributed by atoms with E-state index in [1.165, 1.54) is 16.4 Å². The molecule has 164 valence electrons. The molecule has 0 N–H and O–H groups in total. The highest BCUT2D eigenvalue weighted by molar-refractivity contribution is 7.89. The predicted octanol–water partition coefficient (Wildman–Crippen LogP) is 3.46. The molecule has 8 nitrogen and oxygen atoms in total. The van der Waals surface area contributed by atoms with Crippen molar-refractivity contribution in [1.29, 1.82) is 0 Å². The molecule has 1 atom stereocenters. The second kappa shape index (κ2) is 8.64. The van der Waals surface area contributed by atoms with E-state index in [-0.39, 0.29) is 17.4 Å². The van der Waals surface area contributed by atoms with Gasteiger partial charge in [0.15, 0.2) is 11.5 Å². The van der Waals surface area contributed by atoms with Crippen molar-refractivity contribution in [3.05, 3.63) is 54.2 Å². The van der Waals surface area contributed by atoms with Crippen LogP contribution in [-0.2, 0) is 10.0 Å². The van der Waals surface area contributed by atoms with Crippen molar-refractivity contribution < 1.29 is 26.8 Å². The van der Waals surface area contributed by atoms with Crippen LogP contribution in [0.1, 0.15) is 24.7 Å². The van der Waals surface area contributed by atoms with E-state index in [4.69, 9.17) is 14.0 Å². The summed E-state index contributed by atoms with van der Waals surface area (Å²) in [6, 6.07) is 10.1. The monoisotopic (exact) mass is 447 g/mol. The second-order valence-electron chi connectivity index (χ2n) is 7.18. The molecule has 1 aliphatic heterocycles. The minimum absolute atomic E-state index is 0.0612. The van der Waals surface area contributed by atoms with Gasteiger partial charge in [-0.15, -0.1) is 0 Å². The molecule has 2 heterocycles. The molecule has 3 aromatic rings. The van der Waals surface area contributed by atoms with Gasteiger partial charge in [-0.25, -0.2) is 12.8 Å². The molecule has 1 unspecified atom stereocenters. The van der Waals surface area contributed by atoms with Crippen molar-refractivity contribution in [1.82, 2.24) is 14.4 Å². The summed E-state index contributed by atoms with van der Waals surface area (Å²) < 4.78 is 56.5. The lowest BCUT2D eigenvalue weighted by atomic mass is 10.00. The SMILES string of the molecule is COc1ccc(-c2noc(C3CCCN(S(=O)(=O)c4ccc(F)cc4)C3)n2)cc1OC. The number of rotatable bonds is 6. The van der Waals surface area contributed by atoms with Gasteiger partial charge in [0.1, 0.15) is 5.82 Å². The fraction of sp³-hybridized carbons (Fsp3) is 0.333. The van der Waals surface area contributed by atoms with E-state index < -0.39 is 15.8 Å². The first kappa shape index (κ1) is 21.3. The Labute approximate surface area is 179 Å². The smallest absolute Gasteiger partial charge is 0.243 e. The van der Waals surface area contributed by atoms with Gasteiger partial charge in [-0.05, 0) is 55.3 Å². The summed E-state index contributed by atoms with van der Waals surface area (Å²) in [4.78, 5) is 4.55. The van der Waals surface area contributed by atoms with E-state index in [2.05, 4.69) is 10.1 Å². The van der Waals surface area contributed by atoms with Gasteiger partial charge < -0.3 is 14.0 Å². The Hall–Kier alpha value is -2.98. The van der Waals surface area contributed by atoms with Crippen LogP contribution in [0.15, 0.2) is 51.9 Å². The minimum atomic E-state index is -3.74. The Balaban J connectivity index is 1.55. The third kappa shape index (κ3) is 4.26. The number of piperidine rings is 1. The Kier molecular flexibility index (Phi) is 5.92. The van der Waals surface area contributed by atoms with Gasteiger partial charge in [-0.1, -0.05) is 5.16 Å². The largest absolute Gasteiger partial charge is 0.493 e. The number of nitrogens with zero attached hydrogens (tertiary/aromatic N) is 3. The molecule has 1 aliphatic rings. The first-order valence-corrected chi connectivity index (χ1v) is 11.2.